The zero-order valence-electron chi connectivity index (χ0n) is 13.0. The molecule has 0 bridgehead atoms. The van der Waals surface area contributed by atoms with Crippen LogP contribution in [0.3, 0.4) is 0 Å². The summed E-state index contributed by atoms with van der Waals surface area (Å²) in [5.41, 5.74) is 0.864. The number of hydrogen-bond acceptors (Lipinski definition) is 5. The number of benzene rings is 1. The summed E-state index contributed by atoms with van der Waals surface area (Å²) in [4.78, 5) is 19.3. The van der Waals surface area contributed by atoms with Crippen LogP contribution in [-0.4, -0.2) is 25.4 Å². The summed E-state index contributed by atoms with van der Waals surface area (Å²) in [6.07, 6.45) is 1.90. The van der Waals surface area contributed by atoms with Crippen LogP contribution < -0.4 is 5.56 Å². The minimum Gasteiger partial charge on any atom is -0.268 e. The third kappa shape index (κ3) is 2.44. The largest absolute Gasteiger partial charge is 0.270 e. The van der Waals surface area contributed by atoms with Gasteiger partial charge in [-0.15, -0.1) is 16.4 Å². The van der Waals surface area contributed by atoms with Crippen molar-refractivity contribution in [3.8, 4) is 0 Å². The molecule has 0 spiro atoms. The van der Waals surface area contributed by atoms with E-state index >= 15 is 0 Å². The zero-order chi connectivity index (χ0) is 16.8. The molecule has 24 heavy (non-hydrogen) atoms. The van der Waals surface area contributed by atoms with Crippen LogP contribution in [0.2, 0.25) is 5.02 Å². The average Bonchev–Trinajstić information content (AvgIpc) is 3.10. The van der Waals surface area contributed by atoms with E-state index in [0.717, 1.165) is 15.3 Å². The van der Waals surface area contributed by atoms with Gasteiger partial charge in [-0.2, -0.15) is 0 Å². The van der Waals surface area contributed by atoms with E-state index in [1.807, 2.05) is 43.5 Å². The van der Waals surface area contributed by atoms with Gasteiger partial charge in [-0.25, -0.2) is 14.1 Å². The molecule has 0 fully saturated rings. The normalized spacial score (nSPS) is 11.6. The molecule has 0 atom stereocenters. The Morgan fingerprint density at radius 2 is 2.12 bits per heavy atom. The van der Waals surface area contributed by atoms with Crippen LogP contribution >= 0.6 is 34.7 Å². The smallest absolute Gasteiger partial charge is 0.268 e. The lowest BCUT2D eigenvalue weighted by molar-refractivity contribution is 0.681. The fourth-order valence-corrected chi connectivity index (χ4v) is 4.24. The van der Waals surface area contributed by atoms with Crippen LogP contribution in [0.1, 0.15) is 10.4 Å². The molecule has 122 valence electrons. The summed E-state index contributed by atoms with van der Waals surface area (Å²) in [5.74, 6) is 0.540. The van der Waals surface area contributed by atoms with Gasteiger partial charge < -0.3 is 0 Å². The molecule has 0 aliphatic carbocycles. The average molecular weight is 377 g/mol. The van der Waals surface area contributed by atoms with Crippen LogP contribution in [0.5, 0.6) is 0 Å². The minimum atomic E-state index is -0.0749. The monoisotopic (exact) mass is 376 g/mol. The van der Waals surface area contributed by atoms with Gasteiger partial charge in [0.25, 0.3) is 5.56 Å². The Morgan fingerprint density at radius 3 is 2.88 bits per heavy atom. The predicted octanol–water partition coefficient (Wildman–Crippen LogP) is 3.84. The predicted molar refractivity (Wildman–Crippen MR) is 99.7 cm³/mol. The fourth-order valence-electron chi connectivity index (χ4n) is 2.65. The lowest BCUT2D eigenvalue weighted by Crippen LogP contribution is -2.15. The molecule has 1 aromatic carbocycles. The SMILES string of the molecule is CSc1nn(Cc2ccccc2Cl)c2nc3sc(C)cc3c(=O)n12. The van der Waals surface area contributed by atoms with Gasteiger partial charge >= 0.3 is 0 Å². The highest BCUT2D eigenvalue weighted by Crippen LogP contribution is 2.24. The van der Waals surface area contributed by atoms with Gasteiger partial charge in [0.15, 0.2) is 5.16 Å². The highest BCUT2D eigenvalue weighted by atomic mass is 35.5. The Labute approximate surface area is 150 Å². The Hall–Kier alpha value is -1.83. The molecule has 0 saturated heterocycles. The first-order valence-corrected chi connectivity index (χ1v) is 9.67. The Kier molecular flexibility index (Phi) is 3.86. The van der Waals surface area contributed by atoms with Crippen molar-refractivity contribution in [3.63, 3.8) is 0 Å². The molecule has 0 aliphatic heterocycles. The van der Waals surface area contributed by atoms with E-state index in [2.05, 4.69) is 10.1 Å². The number of thiophene rings is 1. The van der Waals surface area contributed by atoms with Crippen molar-refractivity contribution in [3.05, 3.63) is 56.1 Å². The second-order valence-corrected chi connectivity index (χ2v) is 7.78. The molecule has 0 amide bonds. The number of aromatic nitrogens is 4. The first kappa shape index (κ1) is 15.7. The molecule has 0 unspecified atom stereocenters. The molecule has 0 saturated carbocycles. The van der Waals surface area contributed by atoms with E-state index < -0.39 is 0 Å². The van der Waals surface area contributed by atoms with Crippen LogP contribution in [0, 0.1) is 6.92 Å². The highest BCUT2D eigenvalue weighted by Gasteiger charge is 2.17. The van der Waals surface area contributed by atoms with Crippen molar-refractivity contribution in [2.45, 2.75) is 18.6 Å². The molecule has 0 radical (unpaired) electrons. The molecule has 4 rings (SSSR count). The molecule has 0 aliphatic rings. The van der Waals surface area contributed by atoms with Crippen molar-refractivity contribution in [1.82, 2.24) is 19.2 Å². The molecular weight excluding hydrogens is 364 g/mol. The topological polar surface area (TPSA) is 52.2 Å². The third-order valence-corrected chi connectivity index (χ3v) is 5.70. The van der Waals surface area contributed by atoms with Crippen molar-refractivity contribution < 1.29 is 0 Å². The van der Waals surface area contributed by atoms with Crippen LogP contribution in [0.4, 0.5) is 0 Å². The fraction of sp³-hybridized carbons (Fsp3) is 0.188. The van der Waals surface area contributed by atoms with Gasteiger partial charge in [-0.1, -0.05) is 41.6 Å². The van der Waals surface area contributed by atoms with E-state index in [0.29, 0.717) is 27.9 Å². The van der Waals surface area contributed by atoms with Crippen molar-refractivity contribution in [2.24, 2.45) is 0 Å². The third-order valence-electron chi connectivity index (χ3n) is 3.76. The Morgan fingerprint density at radius 1 is 1.33 bits per heavy atom. The molecular formula is C16H13ClN4OS2. The lowest BCUT2D eigenvalue weighted by Gasteiger charge is -2.04. The van der Waals surface area contributed by atoms with Gasteiger partial charge in [0.05, 0.1) is 11.9 Å². The van der Waals surface area contributed by atoms with Gasteiger partial charge in [0.2, 0.25) is 5.78 Å². The van der Waals surface area contributed by atoms with Crippen molar-refractivity contribution >= 4 is 50.7 Å². The van der Waals surface area contributed by atoms with E-state index in [9.17, 15) is 4.79 Å². The standard InChI is InChI=1S/C16H13ClN4OS2/c1-9-7-11-13(24-9)18-15-20(8-10-5-3-4-6-12(10)17)19-16(23-2)21(15)14(11)22/h3-7H,8H2,1-2H3. The number of fused-ring (bicyclic) bond motifs is 2. The summed E-state index contributed by atoms with van der Waals surface area (Å²) in [7, 11) is 0. The van der Waals surface area contributed by atoms with Gasteiger partial charge in [0.1, 0.15) is 4.83 Å². The summed E-state index contributed by atoms with van der Waals surface area (Å²) >= 11 is 9.21. The summed E-state index contributed by atoms with van der Waals surface area (Å²) < 4.78 is 3.32. The molecule has 3 aromatic heterocycles. The van der Waals surface area contributed by atoms with E-state index in [1.165, 1.54) is 23.1 Å². The van der Waals surface area contributed by atoms with Gasteiger partial charge in [0, 0.05) is 9.90 Å². The molecule has 5 nitrogen and oxygen atoms in total. The number of nitrogens with zero attached hydrogens (tertiary/aromatic N) is 4. The first-order chi connectivity index (χ1) is 11.6. The number of thioether (sulfide) groups is 1. The number of halogens is 1. The first-order valence-electron chi connectivity index (χ1n) is 7.25. The van der Waals surface area contributed by atoms with Crippen molar-refractivity contribution in [2.75, 3.05) is 6.26 Å². The molecule has 8 heteroatoms. The van der Waals surface area contributed by atoms with Crippen LogP contribution in [0.15, 0.2) is 40.3 Å². The quantitative estimate of drug-likeness (QED) is 0.510. The summed E-state index contributed by atoms with van der Waals surface area (Å²) in [6, 6.07) is 9.50. The Balaban J connectivity index is 1.99. The number of hydrogen-bond donors (Lipinski definition) is 0. The molecule has 4 aromatic rings. The number of aryl methyl sites for hydroxylation is 1. The minimum absolute atomic E-state index is 0.0749. The van der Waals surface area contributed by atoms with Crippen LogP contribution in [0.25, 0.3) is 16.0 Å². The van der Waals surface area contributed by atoms with Gasteiger partial charge in [-0.05, 0) is 30.9 Å². The second kappa shape index (κ2) is 5.91. The van der Waals surface area contributed by atoms with E-state index in [1.54, 1.807) is 9.08 Å². The van der Waals surface area contributed by atoms with Gasteiger partial charge in [-0.3, -0.25) is 4.79 Å². The van der Waals surface area contributed by atoms with Crippen molar-refractivity contribution in [1.29, 1.82) is 0 Å². The summed E-state index contributed by atoms with van der Waals surface area (Å²) in [6.45, 7) is 2.44. The second-order valence-electron chi connectivity index (χ2n) is 5.36. The Bertz CT molecular complexity index is 1130. The van der Waals surface area contributed by atoms with E-state index in [4.69, 9.17) is 11.6 Å². The molecule has 0 N–H and O–H groups in total. The zero-order valence-corrected chi connectivity index (χ0v) is 15.4. The van der Waals surface area contributed by atoms with E-state index in [-0.39, 0.29) is 5.56 Å². The maximum atomic E-state index is 12.9. The lowest BCUT2D eigenvalue weighted by atomic mass is 10.2. The maximum absolute atomic E-state index is 12.9. The van der Waals surface area contributed by atoms with Crippen LogP contribution in [-0.2, 0) is 6.54 Å². The summed E-state index contributed by atoms with van der Waals surface area (Å²) in [5, 5.41) is 6.50. The molecule has 3 heterocycles. The highest BCUT2D eigenvalue weighted by molar-refractivity contribution is 7.98. The maximum Gasteiger partial charge on any atom is 0.270 e. The number of rotatable bonds is 3.